The summed E-state index contributed by atoms with van der Waals surface area (Å²) >= 11 is 0. The molecule has 3 N–H and O–H groups in total. The molecule has 0 aliphatic heterocycles. The summed E-state index contributed by atoms with van der Waals surface area (Å²) < 4.78 is 8.93. The monoisotopic (exact) mass is 172 g/mol. The van der Waals surface area contributed by atoms with Crippen molar-refractivity contribution >= 4 is 18.1 Å². The number of ether oxygens (including phenoxy) is 1. The molecule has 0 fully saturated rings. The fraction of sp³-hybridized carbons (Fsp3) is 0.400. The molecule has 0 atom stereocenters. The molecule has 7 heteroatoms. The first kappa shape index (κ1) is 8.31. The maximum Gasteiger partial charge on any atom is 0.414 e. The second kappa shape index (κ2) is 3.56. The van der Waals surface area contributed by atoms with Gasteiger partial charge in [-0.2, -0.15) is 4.98 Å². The Morgan fingerprint density at radius 3 is 3.08 bits per heavy atom. The van der Waals surface area contributed by atoms with Crippen molar-refractivity contribution in [1.29, 1.82) is 0 Å². The maximum absolute atomic E-state index is 10.7. The molecule has 0 radical (unpaired) electrons. The van der Waals surface area contributed by atoms with Crippen molar-refractivity contribution in [2.24, 2.45) is 0 Å². The number of nitrogens with zero attached hydrogens (tertiary/aromatic N) is 2. The van der Waals surface area contributed by atoms with E-state index in [1.807, 2.05) is 0 Å². The van der Waals surface area contributed by atoms with Gasteiger partial charge in [0, 0.05) is 0 Å². The van der Waals surface area contributed by atoms with E-state index in [0.717, 1.165) is 0 Å². The Labute approximate surface area is 67.9 Å². The van der Waals surface area contributed by atoms with Crippen LogP contribution >= 0.6 is 0 Å². The fourth-order valence-corrected chi connectivity index (χ4v) is 0.544. The first-order valence-electron chi connectivity index (χ1n) is 3.25. The highest BCUT2D eigenvalue weighted by atomic mass is 16.5. The van der Waals surface area contributed by atoms with Crippen LogP contribution < -0.4 is 11.1 Å². The number of hydrogen-bond acceptors (Lipinski definition) is 6. The van der Waals surface area contributed by atoms with Gasteiger partial charge in [0.25, 0.3) is 5.95 Å². The molecule has 1 rings (SSSR count). The number of anilines is 2. The van der Waals surface area contributed by atoms with Gasteiger partial charge < -0.3 is 15.0 Å². The molecule has 0 saturated carbocycles. The molecule has 1 aromatic heterocycles. The number of carbonyl (C=O) groups is 1. The van der Waals surface area contributed by atoms with E-state index in [0.29, 0.717) is 0 Å². The maximum atomic E-state index is 10.7. The van der Waals surface area contributed by atoms with Crippen LogP contribution in [0.4, 0.5) is 16.8 Å². The van der Waals surface area contributed by atoms with Gasteiger partial charge in [0.15, 0.2) is 0 Å². The van der Waals surface area contributed by atoms with Gasteiger partial charge in [0.2, 0.25) is 0 Å². The molecule has 0 spiro atoms. The number of rotatable bonds is 2. The second-order valence-electron chi connectivity index (χ2n) is 1.80. The summed E-state index contributed by atoms with van der Waals surface area (Å²) in [5.41, 5.74) is 5.10. The second-order valence-corrected chi connectivity index (χ2v) is 1.80. The largest absolute Gasteiger partial charge is 0.450 e. The van der Waals surface area contributed by atoms with Gasteiger partial charge >= 0.3 is 12.1 Å². The third kappa shape index (κ3) is 2.11. The quantitative estimate of drug-likeness (QED) is 0.661. The zero-order valence-electron chi connectivity index (χ0n) is 6.40. The average Bonchev–Trinajstić information content (AvgIpc) is 2.36. The lowest BCUT2D eigenvalue weighted by Crippen LogP contribution is -2.14. The van der Waals surface area contributed by atoms with Gasteiger partial charge in [0.1, 0.15) is 0 Å². The Bertz CT molecular complexity index is 271. The van der Waals surface area contributed by atoms with Crippen LogP contribution in [0.2, 0.25) is 0 Å². The third-order valence-electron chi connectivity index (χ3n) is 0.931. The van der Waals surface area contributed by atoms with Crippen LogP contribution in [0.15, 0.2) is 4.52 Å². The minimum absolute atomic E-state index is 0.00838. The van der Waals surface area contributed by atoms with Gasteiger partial charge in [-0.3, -0.25) is 5.32 Å². The van der Waals surface area contributed by atoms with Crippen molar-refractivity contribution in [2.75, 3.05) is 17.7 Å². The van der Waals surface area contributed by atoms with E-state index >= 15 is 0 Å². The summed E-state index contributed by atoms with van der Waals surface area (Å²) in [5.74, 6) is -0.00838. The highest BCUT2D eigenvalue weighted by molar-refractivity contribution is 5.82. The topological polar surface area (TPSA) is 103 Å². The Kier molecular flexibility index (Phi) is 2.46. The van der Waals surface area contributed by atoms with Gasteiger partial charge in [0.05, 0.1) is 6.61 Å². The van der Waals surface area contributed by atoms with Crippen LogP contribution in [-0.2, 0) is 4.74 Å². The van der Waals surface area contributed by atoms with E-state index in [2.05, 4.69) is 24.7 Å². The van der Waals surface area contributed by atoms with Gasteiger partial charge in [-0.05, 0) is 12.1 Å². The molecule has 1 heterocycles. The SMILES string of the molecule is CCOC(=O)Nc1noc(N)n1. The van der Waals surface area contributed by atoms with Crippen LogP contribution in [0.1, 0.15) is 6.92 Å². The average molecular weight is 172 g/mol. The van der Waals surface area contributed by atoms with E-state index in [-0.39, 0.29) is 18.6 Å². The van der Waals surface area contributed by atoms with Gasteiger partial charge in [-0.25, -0.2) is 4.79 Å². The highest BCUT2D eigenvalue weighted by Gasteiger charge is 2.06. The van der Waals surface area contributed by atoms with E-state index < -0.39 is 6.09 Å². The molecule has 1 amide bonds. The lowest BCUT2D eigenvalue weighted by molar-refractivity contribution is 0.167. The van der Waals surface area contributed by atoms with E-state index in [9.17, 15) is 4.79 Å². The summed E-state index contributed by atoms with van der Waals surface area (Å²) in [5, 5.41) is 5.52. The molecule has 12 heavy (non-hydrogen) atoms. The van der Waals surface area contributed by atoms with Crippen molar-refractivity contribution in [3.8, 4) is 0 Å². The lowest BCUT2D eigenvalue weighted by atomic mass is 10.8. The van der Waals surface area contributed by atoms with Crippen LogP contribution in [-0.4, -0.2) is 22.8 Å². The van der Waals surface area contributed by atoms with Crippen LogP contribution in [0, 0.1) is 0 Å². The van der Waals surface area contributed by atoms with Crippen LogP contribution in [0.3, 0.4) is 0 Å². The van der Waals surface area contributed by atoms with E-state index in [1.165, 1.54) is 0 Å². The lowest BCUT2D eigenvalue weighted by Gasteiger charge is -1.98. The molecule has 0 aliphatic carbocycles. The molecule has 0 unspecified atom stereocenters. The number of nitrogen functional groups attached to an aromatic ring is 1. The summed E-state index contributed by atoms with van der Waals surface area (Å²) in [6.45, 7) is 1.96. The number of nitrogens with one attached hydrogen (secondary N) is 1. The number of carbonyl (C=O) groups excluding carboxylic acids is 1. The van der Waals surface area contributed by atoms with Crippen molar-refractivity contribution in [3.63, 3.8) is 0 Å². The van der Waals surface area contributed by atoms with Crippen LogP contribution in [0.25, 0.3) is 0 Å². The number of nitrogens with two attached hydrogens (primary N) is 1. The molecule has 0 saturated heterocycles. The number of amides is 1. The molecule has 66 valence electrons. The molecular weight excluding hydrogens is 164 g/mol. The standard InChI is InChI=1S/C5H8N4O3/c1-2-11-5(10)8-4-7-3(6)12-9-4/h2H2,1H3,(H3,6,7,8,9,10). The Morgan fingerprint density at radius 2 is 2.58 bits per heavy atom. The minimum Gasteiger partial charge on any atom is -0.450 e. The molecule has 0 aliphatic rings. The molecule has 1 aromatic rings. The van der Waals surface area contributed by atoms with Crippen molar-refractivity contribution < 1.29 is 14.1 Å². The first-order valence-corrected chi connectivity index (χ1v) is 3.25. The predicted octanol–water partition coefficient (Wildman–Crippen LogP) is 0.220. The van der Waals surface area contributed by atoms with Crippen molar-refractivity contribution in [3.05, 3.63) is 0 Å². The van der Waals surface area contributed by atoms with E-state index in [1.54, 1.807) is 6.92 Å². The molecular formula is C5H8N4O3. The third-order valence-corrected chi connectivity index (χ3v) is 0.931. The Balaban J connectivity index is 2.46. The zero-order chi connectivity index (χ0) is 8.97. The van der Waals surface area contributed by atoms with E-state index in [4.69, 9.17) is 5.73 Å². The smallest absolute Gasteiger partial charge is 0.414 e. The first-order chi connectivity index (χ1) is 5.72. The summed E-state index contributed by atoms with van der Waals surface area (Å²) in [6.07, 6.45) is -0.640. The van der Waals surface area contributed by atoms with Crippen molar-refractivity contribution in [2.45, 2.75) is 6.92 Å². The summed E-state index contributed by atoms with van der Waals surface area (Å²) in [7, 11) is 0. The summed E-state index contributed by atoms with van der Waals surface area (Å²) in [4.78, 5) is 14.2. The van der Waals surface area contributed by atoms with Crippen molar-refractivity contribution in [1.82, 2.24) is 10.1 Å². The fourth-order valence-electron chi connectivity index (χ4n) is 0.544. The van der Waals surface area contributed by atoms with Crippen LogP contribution in [0.5, 0.6) is 0 Å². The number of hydrogen-bond donors (Lipinski definition) is 2. The van der Waals surface area contributed by atoms with Gasteiger partial charge in [-0.15, -0.1) is 0 Å². The predicted molar refractivity (Wildman–Crippen MR) is 39.4 cm³/mol. The molecule has 7 nitrogen and oxygen atoms in total. The van der Waals surface area contributed by atoms with Gasteiger partial charge in [-0.1, -0.05) is 0 Å². The summed E-state index contributed by atoms with van der Waals surface area (Å²) in [6, 6.07) is -0.109. The minimum atomic E-state index is -0.640. The Morgan fingerprint density at radius 1 is 1.83 bits per heavy atom. The molecule has 0 bridgehead atoms. The molecule has 0 aromatic carbocycles. The number of aromatic nitrogens is 2. The zero-order valence-corrected chi connectivity index (χ0v) is 6.40. The highest BCUT2D eigenvalue weighted by Crippen LogP contribution is 2.02. The normalized spacial score (nSPS) is 9.42. The Hall–Kier alpha value is -1.79.